The molecule has 0 bridgehead atoms. The van der Waals surface area contributed by atoms with Gasteiger partial charge in [0.05, 0.1) is 21.4 Å². The lowest BCUT2D eigenvalue weighted by Gasteiger charge is -2.10. The summed E-state index contributed by atoms with van der Waals surface area (Å²) in [5.41, 5.74) is 0.842. The molecule has 0 saturated heterocycles. The fourth-order valence-corrected chi connectivity index (χ4v) is 3.00. The number of benzene rings is 2. The van der Waals surface area contributed by atoms with Crippen molar-refractivity contribution in [1.82, 2.24) is 10.6 Å². The van der Waals surface area contributed by atoms with Gasteiger partial charge in [-0.25, -0.2) is 9.59 Å². The standard InChI is InChI=1S/C20H24Cl2N4O4/c21-15-11-13(27)5-7-17(15)25-19(29)23-9-3-1-2-4-10-24-20(30)26-18-8-6-14(28)12-16(18)22/h5-8,11-12,27-28H,1-4,9-10H2,(H2,23,25,29)(H2,24,26,30). The number of rotatable bonds is 9. The average Bonchev–Trinajstić information content (AvgIpc) is 2.68. The topological polar surface area (TPSA) is 123 Å². The summed E-state index contributed by atoms with van der Waals surface area (Å²) in [6.45, 7) is 1.02. The van der Waals surface area contributed by atoms with E-state index >= 15 is 0 Å². The number of nitrogens with one attached hydrogen (secondary N) is 4. The number of aromatic hydroxyl groups is 2. The molecule has 0 radical (unpaired) electrons. The molecule has 2 aromatic carbocycles. The van der Waals surface area contributed by atoms with Gasteiger partial charge in [-0.05, 0) is 37.1 Å². The lowest BCUT2D eigenvalue weighted by Crippen LogP contribution is -2.30. The maximum Gasteiger partial charge on any atom is 0.319 e. The highest BCUT2D eigenvalue weighted by molar-refractivity contribution is 6.34. The fourth-order valence-electron chi connectivity index (χ4n) is 2.55. The van der Waals surface area contributed by atoms with E-state index in [0.717, 1.165) is 25.7 Å². The van der Waals surface area contributed by atoms with Gasteiger partial charge in [0.2, 0.25) is 0 Å². The molecular weight excluding hydrogens is 431 g/mol. The van der Waals surface area contributed by atoms with Crippen LogP contribution in [0.4, 0.5) is 21.0 Å². The number of urea groups is 2. The third-order valence-electron chi connectivity index (χ3n) is 4.08. The van der Waals surface area contributed by atoms with Gasteiger partial charge in [-0.2, -0.15) is 0 Å². The van der Waals surface area contributed by atoms with E-state index in [0.29, 0.717) is 24.5 Å². The Bertz CT molecular complexity index is 808. The lowest BCUT2D eigenvalue weighted by molar-refractivity contribution is 0.250. The van der Waals surface area contributed by atoms with E-state index in [1.807, 2.05) is 0 Å². The number of carbonyl (C=O) groups excluding carboxylic acids is 2. The molecule has 6 N–H and O–H groups in total. The molecule has 10 heteroatoms. The van der Waals surface area contributed by atoms with Crippen molar-refractivity contribution in [2.45, 2.75) is 25.7 Å². The highest BCUT2D eigenvalue weighted by atomic mass is 35.5. The molecule has 0 aliphatic heterocycles. The molecule has 0 unspecified atom stereocenters. The summed E-state index contributed by atoms with van der Waals surface area (Å²) in [5, 5.41) is 29.8. The zero-order valence-electron chi connectivity index (χ0n) is 16.2. The van der Waals surface area contributed by atoms with Crippen LogP contribution in [0.2, 0.25) is 10.0 Å². The lowest BCUT2D eigenvalue weighted by atomic mass is 10.2. The molecule has 30 heavy (non-hydrogen) atoms. The van der Waals surface area contributed by atoms with Crippen LogP contribution in [0.3, 0.4) is 0 Å². The van der Waals surface area contributed by atoms with Gasteiger partial charge in [0.25, 0.3) is 0 Å². The summed E-state index contributed by atoms with van der Waals surface area (Å²) in [5.74, 6) is 0.0594. The molecule has 0 aliphatic carbocycles. The third-order valence-corrected chi connectivity index (χ3v) is 4.70. The maximum absolute atomic E-state index is 11.8. The van der Waals surface area contributed by atoms with Crippen LogP contribution in [-0.2, 0) is 0 Å². The number of phenolic OH excluding ortho intramolecular Hbond substituents is 2. The first-order valence-corrected chi connectivity index (χ1v) is 10.2. The first kappa shape index (κ1) is 23.4. The number of hydrogen-bond donors (Lipinski definition) is 6. The number of phenols is 2. The van der Waals surface area contributed by atoms with Crippen molar-refractivity contribution in [3.63, 3.8) is 0 Å². The summed E-state index contributed by atoms with van der Waals surface area (Å²) in [6, 6.07) is 7.90. The first-order chi connectivity index (χ1) is 14.3. The van der Waals surface area contributed by atoms with Crippen molar-refractivity contribution in [2.75, 3.05) is 23.7 Å². The predicted molar refractivity (Wildman–Crippen MR) is 119 cm³/mol. The van der Waals surface area contributed by atoms with Crippen molar-refractivity contribution in [3.05, 3.63) is 46.4 Å². The second kappa shape index (κ2) is 12.0. The minimum absolute atomic E-state index is 0.0297. The highest BCUT2D eigenvalue weighted by Crippen LogP contribution is 2.26. The van der Waals surface area contributed by atoms with E-state index in [1.165, 1.54) is 36.4 Å². The Morgan fingerprint density at radius 2 is 1.10 bits per heavy atom. The average molecular weight is 455 g/mol. The van der Waals surface area contributed by atoms with Gasteiger partial charge in [0, 0.05) is 25.2 Å². The Labute approximate surface area is 184 Å². The van der Waals surface area contributed by atoms with Gasteiger partial charge in [-0.3, -0.25) is 0 Å². The zero-order valence-corrected chi connectivity index (χ0v) is 17.7. The normalized spacial score (nSPS) is 10.3. The SMILES string of the molecule is O=C(NCCCCCCNC(=O)Nc1ccc(O)cc1Cl)Nc1ccc(O)cc1Cl. The number of halogens is 2. The van der Waals surface area contributed by atoms with Gasteiger partial charge >= 0.3 is 12.1 Å². The molecule has 0 aliphatic rings. The zero-order chi connectivity index (χ0) is 21.9. The minimum Gasteiger partial charge on any atom is -0.508 e. The third kappa shape index (κ3) is 8.26. The van der Waals surface area contributed by atoms with Crippen LogP contribution in [0.1, 0.15) is 25.7 Å². The smallest absolute Gasteiger partial charge is 0.319 e. The van der Waals surface area contributed by atoms with Gasteiger partial charge in [0.1, 0.15) is 11.5 Å². The minimum atomic E-state index is -0.367. The quantitative estimate of drug-likeness (QED) is 0.238. The number of amides is 4. The van der Waals surface area contributed by atoms with E-state index in [1.54, 1.807) is 0 Å². The largest absolute Gasteiger partial charge is 0.508 e. The fraction of sp³-hybridized carbons (Fsp3) is 0.300. The Kier molecular flexibility index (Phi) is 9.37. The predicted octanol–water partition coefficient (Wildman–Crippen LogP) is 4.91. The highest BCUT2D eigenvalue weighted by Gasteiger charge is 2.07. The van der Waals surface area contributed by atoms with E-state index in [9.17, 15) is 19.8 Å². The molecule has 0 saturated carbocycles. The molecule has 4 amide bonds. The molecule has 0 fully saturated rings. The number of unbranched alkanes of at least 4 members (excludes halogenated alkanes) is 3. The van der Waals surface area contributed by atoms with Gasteiger partial charge in [0.15, 0.2) is 0 Å². The molecule has 8 nitrogen and oxygen atoms in total. The molecule has 2 rings (SSSR count). The van der Waals surface area contributed by atoms with Crippen molar-refractivity contribution < 1.29 is 19.8 Å². The molecule has 0 spiro atoms. The summed E-state index contributed by atoms with van der Waals surface area (Å²) in [6.07, 6.45) is 3.39. The summed E-state index contributed by atoms with van der Waals surface area (Å²) in [7, 11) is 0. The summed E-state index contributed by atoms with van der Waals surface area (Å²) >= 11 is 11.9. The molecule has 2 aromatic rings. The van der Waals surface area contributed by atoms with Crippen molar-refractivity contribution in [3.8, 4) is 11.5 Å². The molecule has 162 valence electrons. The maximum atomic E-state index is 11.8. The molecule has 0 aromatic heterocycles. The van der Waals surface area contributed by atoms with Crippen LogP contribution in [0.15, 0.2) is 36.4 Å². The van der Waals surface area contributed by atoms with Gasteiger partial charge in [-0.1, -0.05) is 36.0 Å². The van der Waals surface area contributed by atoms with E-state index < -0.39 is 0 Å². The van der Waals surface area contributed by atoms with Crippen LogP contribution < -0.4 is 21.3 Å². The molecular formula is C20H24Cl2N4O4. The van der Waals surface area contributed by atoms with E-state index in [2.05, 4.69) is 21.3 Å². The summed E-state index contributed by atoms with van der Waals surface area (Å²) < 4.78 is 0. The first-order valence-electron chi connectivity index (χ1n) is 9.42. The van der Waals surface area contributed by atoms with Crippen LogP contribution in [0, 0.1) is 0 Å². The summed E-state index contributed by atoms with van der Waals surface area (Å²) in [4.78, 5) is 23.7. The second-order valence-electron chi connectivity index (χ2n) is 6.50. The van der Waals surface area contributed by atoms with Crippen molar-refractivity contribution >= 4 is 46.6 Å². The van der Waals surface area contributed by atoms with Crippen LogP contribution in [0.5, 0.6) is 11.5 Å². The van der Waals surface area contributed by atoms with Crippen molar-refractivity contribution in [1.29, 1.82) is 0 Å². The molecule has 0 atom stereocenters. The van der Waals surface area contributed by atoms with Gasteiger partial charge in [-0.15, -0.1) is 0 Å². The number of carbonyl (C=O) groups is 2. The Hall–Kier alpha value is -2.84. The number of anilines is 2. The van der Waals surface area contributed by atoms with Crippen LogP contribution in [-0.4, -0.2) is 35.4 Å². The molecule has 0 heterocycles. The number of hydrogen-bond acceptors (Lipinski definition) is 4. The van der Waals surface area contributed by atoms with Gasteiger partial charge < -0.3 is 31.5 Å². The second-order valence-corrected chi connectivity index (χ2v) is 7.32. The Morgan fingerprint density at radius 3 is 1.47 bits per heavy atom. The van der Waals surface area contributed by atoms with E-state index in [4.69, 9.17) is 23.2 Å². The Morgan fingerprint density at radius 1 is 0.700 bits per heavy atom. The Balaban J connectivity index is 1.51. The van der Waals surface area contributed by atoms with Crippen LogP contribution >= 0.6 is 23.2 Å². The van der Waals surface area contributed by atoms with E-state index in [-0.39, 0.29) is 33.6 Å². The van der Waals surface area contributed by atoms with Crippen molar-refractivity contribution in [2.24, 2.45) is 0 Å². The monoisotopic (exact) mass is 454 g/mol. The van der Waals surface area contributed by atoms with Crippen LogP contribution in [0.25, 0.3) is 0 Å².